The first-order valence-electron chi connectivity index (χ1n) is 9.01. The van der Waals surface area contributed by atoms with Gasteiger partial charge in [0, 0.05) is 51.4 Å². The normalized spacial score (nSPS) is 21.3. The van der Waals surface area contributed by atoms with Crippen LogP contribution in [-0.4, -0.2) is 65.9 Å². The van der Waals surface area contributed by atoms with Crippen LogP contribution in [0.2, 0.25) is 0 Å². The minimum Gasteiger partial charge on any atom is -0.370 e. The van der Waals surface area contributed by atoms with Gasteiger partial charge in [-0.25, -0.2) is 0 Å². The van der Waals surface area contributed by atoms with Gasteiger partial charge in [-0.1, -0.05) is 0 Å². The highest BCUT2D eigenvalue weighted by Crippen LogP contribution is 2.21. The second-order valence-electron chi connectivity index (χ2n) is 6.67. The van der Waals surface area contributed by atoms with E-state index in [9.17, 15) is 4.79 Å². The summed E-state index contributed by atoms with van der Waals surface area (Å²) < 4.78 is 7.66. The van der Waals surface area contributed by atoms with E-state index < -0.39 is 0 Å². The van der Waals surface area contributed by atoms with E-state index in [4.69, 9.17) is 4.74 Å². The predicted molar refractivity (Wildman–Crippen MR) is 95.2 cm³/mol. The number of hydrogen-bond acceptors (Lipinski definition) is 4. The van der Waals surface area contributed by atoms with Crippen molar-refractivity contribution >= 4 is 11.9 Å². The van der Waals surface area contributed by atoms with Crippen LogP contribution in [0.1, 0.15) is 37.4 Å². The van der Waals surface area contributed by atoms with Gasteiger partial charge in [-0.15, -0.1) is 0 Å². The number of ether oxygens (including phenoxy) is 1. The number of carbonyl (C=O) groups excluding carboxylic acids is 1. The van der Waals surface area contributed by atoms with E-state index in [1.54, 1.807) is 11.7 Å². The number of rotatable bonds is 6. The summed E-state index contributed by atoms with van der Waals surface area (Å²) in [6.45, 7) is 2.94. The van der Waals surface area contributed by atoms with Gasteiger partial charge in [0.2, 0.25) is 5.91 Å². The summed E-state index contributed by atoms with van der Waals surface area (Å²) in [5.41, 5.74) is 1.08. The maximum absolute atomic E-state index is 11.7. The van der Waals surface area contributed by atoms with Crippen LogP contribution in [0.15, 0.2) is 17.4 Å². The van der Waals surface area contributed by atoms with Crippen molar-refractivity contribution in [3.05, 3.63) is 18.0 Å². The second-order valence-corrected chi connectivity index (χ2v) is 6.67. The van der Waals surface area contributed by atoms with Crippen LogP contribution >= 0.6 is 0 Å². The number of amides is 1. The van der Waals surface area contributed by atoms with Gasteiger partial charge in [-0.3, -0.25) is 14.5 Å². The first-order chi connectivity index (χ1) is 12.2. The van der Waals surface area contributed by atoms with Crippen molar-refractivity contribution in [3.8, 4) is 0 Å². The highest BCUT2D eigenvalue weighted by Gasteiger charge is 2.25. The molecule has 1 saturated carbocycles. The van der Waals surface area contributed by atoms with Gasteiger partial charge >= 0.3 is 0 Å². The average Bonchev–Trinajstić information content (AvgIpc) is 3.32. The second kappa shape index (κ2) is 8.33. The molecule has 8 nitrogen and oxygen atoms in total. The molecule has 8 heteroatoms. The van der Waals surface area contributed by atoms with Crippen LogP contribution in [0, 0.1) is 0 Å². The summed E-state index contributed by atoms with van der Waals surface area (Å²) in [5.74, 6) is 1.02. The highest BCUT2D eigenvalue weighted by molar-refractivity contribution is 5.80. The molecule has 1 saturated heterocycles. The van der Waals surface area contributed by atoms with Gasteiger partial charge in [0.15, 0.2) is 5.96 Å². The lowest BCUT2D eigenvalue weighted by Crippen LogP contribution is -2.48. The Morgan fingerprint density at radius 2 is 2.32 bits per heavy atom. The summed E-state index contributed by atoms with van der Waals surface area (Å²) in [4.78, 5) is 18.3. The third-order valence-corrected chi connectivity index (χ3v) is 4.48. The minimum atomic E-state index is 0.00493. The molecule has 0 bridgehead atoms. The average molecular weight is 348 g/mol. The van der Waals surface area contributed by atoms with Crippen molar-refractivity contribution < 1.29 is 9.53 Å². The number of hydrogen-bond donors (Lipinski definition) is 2. The number of guanidine groups is 1. The molecular formula is C17H28N6O2. The number of morpholine rings is 1. The van der Waals surface area contributed by atoms with Gasteiger partial charge in [-0.05, 0) is 19.3 Å². The fourth-order valence-corrected chi connectivity index (χ4v) is 2.96. The molecule has 3 rings (SSSR count). The van der Waals surface area contributed by atoms with Crippen molar-refractivity contribution in [2.24, 2.45) is 12.0 Å². The molecule has 0 spiro atoms. The number of aryl methyl sites for hydroxylation is 1. The van der Waals surface area contributed by atoms with E-state index in [-0.39, 0.29) is 12.0 Å². The zero-order valence-electron chi connectivity index (χ0n) is 15.1. The summed E-state index contributed by atoms with van der Waals surface area (Å²) in [6.07, 6.45) is 7.46. The third-order valence-electron chi connectivity index (χ3n) is 4.48. The van der Waals surface area contributed by atoms with E-state index in [2.05, 4.69) is 25.6 Å². The Bertz CT molecular complexity index is 610. The molecule has 1 aromatic heterocycles. The van der Waals surface area contributed by atoms with Crippen LogP contribution < -0.4 is 10.6 Å². The molecule has 25 heavy (non-hydrogen) atoms. The number of carbonyl (C=O) groups is 1. The maximum Gasteiger partial charge on any atom is 0.220 e. The highest BCUT2D eigenvalue weighted by atomic mass is 16.5. The van der Waals surface area contributed by atoms with Crippen molar-refractivity contribution in [3.63, 3.8) is 0 Å². The largest absolute Gasteiger partial charge is 0.370 e. The Morgan fingerprint density at radius 3 is 3.00 bits per heavy atom. The Balaban J connectivity index is 1.42. The van der Waals surface area contributed by atoms with Crippen LogP contribution in [0.4, 0.5) is 0 Å². The van der Waals surface area contributed by atoms with Gasteiger partial charge in [0.1, 0.15) is 6.10 Å². The van der Waals surface area contributed by atoms with Crippen molar-refractivity contribution in [1.29, 1.82) is 0 Å². The first kappa shape index (κ1) is 17.7. The van der Waals surface area contributed by atoms with Crippen molar-refractivity contribution in [2.75, 3.05) is 33.3 Å². The van der Waals surface area contributed by atoms with Gasteiger partial charge in [-0.2, -0.15) is 5.10 Å². The van der Waals surface area contributed by atoms with E-state index in [1.807, 2.05) is 19.4 Å². The monoisotopic (exact) mass is 348 g/mol. The molecule has 2 aliphatic rings. The fraction of sp³-hybridized carbons (Fsp3) is 0.706. The lowest BCUT2D eigenvalue weighted by atomic mass is 10.1. The molecule has 138 valence electrons. The SMILES string of the molecule is CN=C(NCCCC(=O)NC1CC1)N1CCOC(c2cnn(C)c2)C1. The fourth-order valence-electron chi connectivity index (χ4n) is 2.96. The van der Waals surface area contributed by atoms with Crippen molar-refractivity contribution in [2.45, 2.75) is 37.8 Å². The lowest BCUT2D eigenvalue weighted by molar-refractivity contribution is -0.121. The molecule has 0 radical (unpaired) electrons. The quantitative estimate of drug-likeness (QED) is 0.442. The topological polar surface area (TPSA) is 83.8 Å². The molecule has 1 amide bonds. The molecule has 2 N–H and O–H groups in total. The minimum absolute atomic E-state index is 0.00493. The first-order valence-corrected chi connectivity index (χ1v) is 9.01. The van der Waals surface area contributed by atoms with Crippen molar-refractivity contribution in [1.82, 2.24) is 25.3 Å². The molecule has 2 heterocycles. The van der Waals surface area contributed by atoms with Crippen LogP contribution in [0.3, 0.4) is 0 Å². The molecule has 2 fully saturated rings. The Labute approximate surface area is 148 Å². The van der Waals surface area contributed by atoms with Crippen LogP contribution in [-0.2, 0) is 16.6 Å². The number of aliphatic imine (C=N–C) groups is 1. The number of aromatic nitrogens is 2. The molecule has 0 aromatic carbocycles. The Hall–Kier alpha value is -2.09. The number of nitrogens with zero attached hydrogens (tertiary/aromatic N) is 4. The Kier molecular flexibility index (Phi) is 5.91. The molecule has 1 unspecified atom stereocenters. The lowest BCUT2D eigenvalue weighted by Gasteiger charge is -2.34. The third kappa shape index (κ3) is 5.19. The summed E-state index contributed by atoms with van der Waals surface area (Å²) in [5, 5.41) is 10.6. The van der Waals surface area contributed by atoms with Crippen LogP contribution in [0.5, 0.6) is 0 Å². The summed E-state index contributed by atoms with van der Waals surface area (Å²) >= 11 is 0. The molecular weight excluding hydrogens is 320 g/mol. The molecule has 1 atom stereocenters. The summed E-state index contributed by atoms with van der Waals surface area (Å²) in [6, 6.07) is 0.436. The van der Waals surface area contributed by atoms with E-state index in [0.717, 1.165) is 50.4 Å². The zero-order valence-corrected chi connectivity index (χ0v) is 15.1. The molecule has 1 aliphatic heterocycles. The Morgan fingerprint density at radius 1 is 1.48 bits per heavy atom. The smallest absolute Gasteiger partial charge is 0.220 e. The van der Waals surface area contributed by atoms with E-state index >= 15 is 0 Å². The number of nitrogens with one attached hydrogen (secondary N) is 2. The van der Waals surface area contributed by atoms with Crippen LogP contribution in [0.25, 0.3) is 0 Å². The van der Waals surface area contributed by atoms with Gasteiger partial charge in [0.05, 0.1) is 19.3 Å². The predicted octanol–water partition coefficient (Wildman–Crippen LogP) is 0.428. The van der Waals surface area contributed by atoms with E-state index in [1.165, 1.54) is 0 Å². The van der Waals surface area contributed by atoms with Gasteiger partial charge in [0.25, 0.3) is 0 Å². The molecule has 1 aromatic rings. The van der Waals surface area contributed by atoms with E-state index in [0.29, 0.717) is 19.1 Å². The zero-order chi connectivity index (χ0) is 17.6. The molecule has 1 aliphatic carbocycles. The maximum atomic E-state index is 11.7. The summed E-state index contributed by atoms with van der Waals surface area (Å²) in [7, 11) is 3.70. The standard InChI is InChI=1S/C17H28N6O2/c1-18-17(19-7-3-4-16(24)21-14-5-6-14)23-8-9-25-15(12-23)13-10-20-22(2)11-13/h10-11,14-15H,3-9,12H2,1-2H3,(H,18,19)(H,21,24). The van der Waals surface area contributed by atoms with Gasteiger partial charge < -0.3 is 20.3 Å².